The minimum absolute atomic E-state index is 0. The molecule has 24 heavy (non-hydrogen) atoms. The van der Waals surface area contributed by atoms with E-state index in [1.807, 2.05) is 14.1 Å². The van der Waals surface area contributed by atoms with E-state index < -0.39 is 0 Å². The predicted octanol–water partition coefficient (Wildman–Crippen LogP) is 2.31. The monoisotopic (exact) mass is 365 g/mol. The number of halogens is 1. The van der Waals surface area contributed by atoms with E-state index in [0.29, 0.717) is 10.4 Å². The van der Waals surface area contributed by atoms with Gasteiger partial charge in [-0.2, -0.15) is 0 Å². The van der Waals surface area contributed by atoms with Crippen LogP contribution in [0.5, 0.6) is 0 Å². The molecular weight excluding hydrogens is 322 g/mol. The van der Waals surface area contributed by atoms with Gasteiger partial charge in [0.2, 0.25) is 0 Å². The normalized spacial score (nSPS) is 10.8. The van der Waals surface area contributed by atoms with Crippen LogP contribution in [-0.2, 0) is 4.79 Å². The number of amides is 1. The predicted molar refractivity (Wildman–Crippen MR) is 101 cm³/mol. The minimum atomic E-state index is -0.167. The summed E-state index contributed by atoms with van der Waals surface area (Å²) in [5, 5.41) is 8.06. The molecule has 0 aliphatic rings. The second-order valence-electron chi connectivity index (χ2n) is 7.47. The maximum absolute atomic E-state index is 12.0. The summed E-state index contributed by atoms with van der Waals surface area (Å²) in [7, 11) is 4.08. The van der Waals surface area contributed by atoms with Crippen LogP contribution in [0.2, 0.25) is 0 Å². The van der Waals surface area contributed by atoms with E-state index in [4.69, 9.17) is 5.11 Å². The number of rotatable bonds is 12. The quantitative estimate of drug-likeness (QED) is 0.425. The molecule has 0 saturated heterocycles. The highest BCUT2D eigenvalue weighted by molar-refractivity contribution is 5.68. The van der Waals surface area contributed by atoms with Crippen LogP contribution in [0.25, 0.3) is 0 Å². The molecule has 0 rings (SSSR count). The standard InChI is InChI=1S/C17H36NO.C3H8O.ClH/c1-5-7-8-9-10-11-12-13-14-15-17(19)18(3,4)16-6-2;1-3(2)4;/h5-16H2,1-4H3;3-4H,1-2H3;1H/q+1;;/p-1. The van der Waals surface area contributed by atoms with Crippen molar-refractivity contribution in [2.45, 2.75) is 104 Å². The highest BCUT2D eigenvalue weighted by Gasteiger charge is 2.23. The molecule has 0 spiro atoms. The Balaban J connectivity index is -0.000000787. The Kier molecular flexibility index (Phi) is 22.9. The molecule has 148 valence electrons. The zero-order valence-corrected chi connectivity index (χ0v) is 18.0. The molecule has 0 aliphatic carbocycles. The minimum Gasteiger partial charge on any atom is -1.00 e. The lowest BCUT2D eigenvalue weighted by Gasteiger charge is -2.26. The summed E-state index contributed by atoms with van der Waals surface area (Å²) < 4.78 is 0.563. The van der Waals surface area contributed by atoms with Crippen molar-refractivity contribution in [3.63, 3.8) is 0 Å². The molecule has 1 N–H and O–H groups in total. The Labute approximate surface area is 158 Å². The van der Waals surface area contributed by atoms with E-state index in [1.54, 1.807) is 13.8 Å². The van der Waals surface area contributed by atoms with Gasteiger partial charge in [0.05, 0.1) is 27.1 Å². The van der Waals surface area contributed by atoms with Gasteiger partial charge in [-0.1, -0.05) is 65.2 Å². The molecule has 0 bridgehead atoms. The van der Waals surface area contributed by atoms with Gasteiger partial charge >= 0.3 is 5.91 Å². The van der Waals surface area contributed by atoms with Crippen LogP contribution in [0.1, 0.15) is 98.3 Å². The number of quaternary nitrogens is 1. The van der Waals surface area contributed by atoms with Crippen molar-refractivity contribution >= 4 is 5.91 Å². The Hall–Kier alpha value is -0.120. The van der Waals surface area contributed by atoms with Gasteiger partial charge in [0.15, 0.2) is 0 Å². The molecule has 0 atom stereocenters. The molecule has 0 aromatic heterocycles. The van der Waals surface area contributed by atoms with Crippen LogP contribution in [0.4, 0.5) is 0 Å². The number of nitrogens with zero attached hydrogens (tertiary/aromatic N) is 1. The Morgan fingerprint density at radius 3 is 1.58 bits per heavy atom. The van der Waals surface area contributed by atoms with Crippen molar-refractivity contribution in [3.8, 4) is 0 Å². The van der Waals surface area contributed by atoms with Gasteiger partial charge in [0.25, 0.3) is 0 Å². The fourth-order valence-electron chi connectivity index (χ4n) is 2.57. The summed E-state index contributed by atoms with van der Waals surface area (Å²) in [6.07, 6.45) is 13.5. The first-order valence-corrected chi connectivity index (χ1v) is 9.82. The van der Waals surface area contributed by atoms with Crippen LogP contribution in [-0.4, -0.2) is 42.2 Å². The highest BCUT2D eigenvalue weighted by atomic mass is 35.5. The van der Waals surface area contributed by atoms with Crippen LogP contribution in [0.15, 0.2) is 0 Å². The van der Waals surface area contributed by atoms with Crippen LogP contribution < -0.4 is 12.4 Å². The van der Waals surface area contributed by atoms with Gasteiger partial charge in [-0.3, -0.25) is 4.48 Å². The number of unbranched alkanes of at least 4 members (excludes halogenated alkanes) is 8. The zero-order chi connectivity index (χ0) is 18.1. The summed E-state index contributed by atoms with van der Waals surface area (Å²) in [5.41, 5.74) is 0. The van der Waals surface area contributed by atoms with E-state index in [2.05, 4.69) is 13.8 Å². The van der Waals surface area contributed by atoms with E-state index >= 15 is 0 Å². The average molecular weight is 366 g/mol. The maximum atomic E-state index is 12.0. The van der Waals surface area contributed by atoms with E-state index in [0.717, 1.165) is 25.8 Å². The number of hydrogen-bond donors (Lipinski definition) is 1. The largest absolute Gasteiger partial charge is 1.00 e. The molecule has 0 fully saturated rings. The van der Waals surface area contributed by atoms with Gasteiger partial charge in [-0.15, -0.1) is 0 Å². The second-order valence-corrected chi connectivity index (χ2v) is 7.47. The summed E-state index contributed by atoms with van der Waals surface area (Å²) in [6.45, 7) is 8.82. The first kappa shape index (κ1) is 28.7. The van der Waals surface area contributed by atoms with Crippen molar-refractivity contribution in [1.29, 1.82) is 0 Å². The van der Waals surface area contributed by atoms with Crippen molar-refractivity contribution in [1.82, 2.24) is 0 Å². The Bertz CT molecular complexity index is 266. The van der Waals surface area contributed by atoms with Gasteiger partial charge in [-0.25, -0.2) is 4.79 Å². The number of aliphatic hydroxyl groups is 1. The number of carbonyl (C=O) groups excluding carboxylic acids is 1. The molecule has 0 aromatic rings. The smallest absolute Gasteiger partial charge is 0.313 e. The van der Waals surface area contributed by atoms with Crippen LogP contribution >= 0.6 is 0 Å². The van der Waals surface area contributed by atoms with E-state index in [1.165, 1.54) is 51.4 Å². The van der Waals surface area contributed by atoms with Crippen molar-refractivity contribution in [2.24, 2.45) is 0 Å². The lowest BCUT2D eigenvalue weighted by Crippen LogP contribution is -3.00. The van der Waals surface area contributed by atoms with Gasteiger partial charge in [-0.05, 0) is 26.7 Å². The summed E-state index contributed by atoms with van der Waals surface area (Å²) >= 11 is 0. The van der Waals surface area contributed by atoms with Crippen molar-refractivity contribution in [3.05, 3.63) is 0 Å². The SMILES string of the molecule is CC(C)O.CCCCCCCCCCCC(=O)[N+](C)(C)CCC.[Cl-]. The number of aliphatic hydroxyl groups excluding tert-OH is 1. The van der Waals surface area contributed by atoms with Crippen LogP contribution in [0.3, 0.4) is 0 Å². The molecule has 0 unspecified atom stereocenters. The lowest BCUT2D eigenvalue weighted by atomic mass is 10.1. The molecule has 0 saturated carbocycles. The third-order valence-corrected chi connectivity index (χ3v) is 3.95. The Morgan fingerprint density at radius 1 is 0.833 bits per heavy atom. The van der Waals surface area contributed by atoms with Crippen molar-refractivity contribution < 1.29 is 26.8 Å². The molecule has 0 radical (unpaired) electrons. The highest BCUT2D eigenvalue weighted by Crippen LogP contribution is 2.12. The van der Waals surface area contributed by atoms with E-state index in [-0.39, 0.29) is 18.5 Å². The summed E-state index contributed by atoms with van der Waals surface area (Å²) in [4.78, 5) is 12.0. The second kappa shape index (κ2) is 19.2. The molecule has 0 heterocycles. The van der Waals surface area contributed by atoms with Crippen molar-refractivity contribution in [2.75, 3.05) is 20.6 Å². The average Bonchev–Trinajstić information content (AvgIpc) is 2.44. The zero-order valence-electron chi connectivity index (χ0n) is 17.2. The summed E-state index contributed by atoms with van der Waals surface area (Å²) in [5.74, 6) is 0.407. The van der Waals surface area contributed by atoms with Gasteiger partial charge in [0.1, 0.15) is 0 Å². The molecule has 4 heteroatoms. The fourth-order valence-corrected chi connectivity index (χ4v) is 2.57. The Morgan fingerprint density at radius 2 is 1.21 bits per heavy atom. The number of hydrogen-bond acceptors (Lipinski definition) is 2. The third-order valence-electron chi connectivity index (χ3n) is 3.95. The number of carbonyl (C=O) groups is 1. The fraction of sp³-hybridized carbons (Fsp3) is 0.950. The van der Waals surface area contributed by atoms with E-state index in [9.17, 15) is 4.79 Å². The summed E-state index contributed by atoms with van der Waals surface area (Å²) in [6, 6.07) is 0. The van der Waals surface area contributed by atoms with Gasteiger partial charge in [0, 0.05) is 6.10 Å². The lowest BCUT2D eigenvalue weighted by molar-refractivity contribution is -0.814. The first-order valence-electron chi connectivity index (χ1n) is 9.82. The van der Waals surface area contributed by atoms with Crippen LogP contribution in [0, 0.1) is 0 Å². The third kappa shape index (κ3) is 21.9. The first-order chi connectivity index (χ1) is 10.8. The van der Waals surface area contributed by atoms with Gasteiger partial charge < -0.3 is 17.5 Å². The maximum Gasteiger partial charge on any atom is 0.313 e. The molecule has 3 nitrogen and oxygen atoms in total. The molecule has 0 aromatic carbocycles. The molecular formula is C20H44ClNO2. The molecule has 1 amide bonds. The molecule has 0 aliphatic heterocycles. The topological polar surface area (TPSA) is 37.3 Å².